The van der Waals surface area contributed by atoms with Gasteiger partial charge in [0.05, 0.1) is 36.5 Å². The molecule has 7 heteroatoms. The maximum atomic E-state index is 12.5. The monoisotopic (exact) mass is 331 g/mol. The summed E-state index contributed by atoms with van der Waals surface area (Å²) in [7, 11) is 0. The molecule has 0 aromatic carbocycles. The zero-order valence-electron chi connectivity index (χ0n) is 14.3. The minimum absolute atomic E-state index is 0.244. The Hall–Kier alpha value is -2.70. The van der Waals surface area contributed by atoms with Crippen LogP contribution in [0.3, 0.4) is 0 Å². The number of nitrogens with one attached hydrogen (secondary N) is 1. The van der Waals surface area contributed by atoms with Gasteiger partial charge in [0.15, 0.2) is 0 Å². The summed E-state index contributed by atoms with van der Waals surface area (Å²) in [6.45, 7) is 7.52. The van der Waals surface area contributed by atoms with E-state index in [9.17, 15) is 9.59 Å². The van der Waals surface area contributed by atoms with Crippen molar-refractivity contribution in [3.8, 4) is 0 Å². The van der Waals surface area contributed by atoms with E-state index < -0.39 is 17.9 Å². The average Bonchev–Trinajstić information content (AvgIpc) is 2.55. The maximum absolute atomic E-state index is 12.5. The molecule has 0 fully saturated rings. The van der Waals surface area contributed by atoms with Crippen LogP contribution >= 0.6 is 0 Å². The van der Waals surface area contributed by atoms with Crippen LogP contribution in [0.15, 0.2) is 41.0 Å². The number of hydrogen-bond donors (Lipinski definition) is 1. The van der Waals surface area contributed by atoms with Gasteiger partial charge in [0.25, 0.3) is 0 Å². The Morgan fingerprint density at radius 1 is 1.04 bits per heavy atom. The molecule has 0 spiro atoms. The predicted octanol–water partition coefficient (Wildman–Crippen LogP) is 1.84. The van der Waals surface area contributed by atoms with E-state index in [0.29, 0.717) is 28.1 Å². The summed E-state index contributed by atoms with van der Waals surface area (Å²) in [6, 6.07) is 1.72. The van der Waals surface area contributed by atoms with Gasteiger partial charge in [-0.3, -0.25) is 0 Å². The third-order valence-corrected chi connectivity index (χ3v) is 3.69. The van der Waals surface area contributed by atoms with Crippen molar-refractivity contribution in [3.63, 3.8) is 0 Å². The molecule has 1 aromatic rings. The van der Waals surface area contributed by atoms with E-state index in [0.717, 1.165) is 0 Å². The van der Waals surface area contributed by atoms with Gasteiger partial charge in [-0.1, -0.05) is 0 Å². The van der Waals surface area contributed by atoms with Gasteiger partial charge in [-0.05, 0) is 39.3 Å². The minimum Gasteiger partial charge on any atom is -0.463 e. The molecule has 0 saturated heterocycles. The lowest BCUT2D eigenvalue weighted by Gasteiger charge is -2.30. The molecular weight excluding hydrogens is 310 g/mol. The number of ether oxygens (including phenoxy) is 2. The Morgan fingerprint density at radius 3 is 2.00 bits per heavy atom. The first kappa shape index (κ1) is 17.7. The van der Waals surface area contributed by atoms with E-state index >= 15 is 0 Å². The summed E-state index contributed by atoms with van der Waals surface area (Å²) >= 11 is 0. The van der Waals surface area contributed by atoms with Crippen LogP contribution in [-0.4, -0.2) is 35.3 Å². The fourth-order valence-electron chi connectivity index (χ4n) is 2.76. The van der Waals surface area contributed by atoms with Crippen molar-refractivity contribution in [2.24, 2.45) is 0 Å². The second-order valence-electron chi connectivity index (χ2n) is 5.25. The van der Waals surface area contributed by atoms with Gasteiger partial charge >= 0.3 is 11.9 Å². The van der Waals surface area contributed by atoms with Gasteiger partial charge in [0.2, 0.25) is 0 Å². The maximum Gasteiger partial charge on any atom is 0.336 e. The van der Waals surface area contributed by atoms with Crippen LogP contribution in [0.5, 0.6) is 0 Å². The summed E-state index contributed by atoms with van der Waals surface area (Å²) in [5.74, 6) is -1.56. The highest BCUT2D eigenvalue weighted by Crippen LogP contribution is 2.38. The van der Waals surface area contributed by atoms with E-state index in [2.05, 4.69) is 15.5 Å². The topological polar surface area (TPSA) is 90.4 Å². The molecule has 128 valence electrons. The first-order valence-electron chi connectivity index (χ1n) is 7.80. The summed E-state index contributed by atoms with van der Waals surface area (Å²) < 4.78 is 10.4. The molecule has 1 aliphatic rings. The Balaban J connectivity index is 2.59. The third kappa shape index (κ3) is 3.45. The number of allylic oxidation sites excluding steroid dienone is 2. The van der Waals surface area contributed by atoms with E-state index in [1.807, 2.05) is 0 Å². The van der Waals surface area contributed by atoms with Crippen molar-refractivity contribution in [3.05, 3.63) is 46.6 Å². The summed E-state index contributed by atoms with van der Waals surface area (Å²) in [6.07, 6.45) is 3.06. The Bertz CT molecular complexity index is 655. The molecule has 2 heterocycles. The SMILES string of the molecule is CCOC(=O)C1=C(C)NC(C)=C(C(=O)OCC)C1c1ccnnc1. The first-order chi connectivity index (χ1) is 11.5. The van der Waals surface area contributed by atoms with Gasteiger partial charge < -0.3 is 14.8 Å². The van der Waals surface area contributed by atoms with Gasteiger partial charge in [0.1, 0.15) is 0 Å². The summed E-state index contributed by atoms with van der Waals surface area (Å²) in [4.78, 5) is 25.0. The molecule has 1 aromatic heterocycles. The molecule has 0 aliphatic carbocycles. The Labute approximate surface area is 140 Å². The highest BCUT2D eigenvalue weighted by molar-refractivity contribution is 5.99. The standard InChI is InChI=1S/C17H21N3O4/c1-5-23-16(21)13-10(3)20-11(4)14(17(22)24-6-2)15(13)12-7-8-18-19-9-12/h7-9,15,20H,5-6H2,1-4H3. The third-order valence-electron chi connectivity index (χ3n) is 3.69. The molecule has 1 N–H and O–H groups in total. The number of esters is 2. The Kier molecular flexibility index (Phi) is 5.68. The van der Waals surface area contributed by atoms with E-state index in [4.69, 9.17) is 9.47 Å². The molecule has 0 atom stereocenters. The molecular formula is C17H21N3O4. The minimum atomic E-state index is -0.611. The first-order valence-corrected chi connectivity index (χ1v) is 7.80. The van der Waals surface area contributed by atoms with E-state index in [1.54, 1.807) is 33.8 Å². The highest BCUT2D eigenvalue weighted by atomic mass is 16.5. The summed E-state index contributed by atoms with van der Waals surface area (Å²) in [5.41, 5.74) is 2.70. The number of carbonyl (C=O) groups is 2. The van der Waals surface area contributed by atoms with Crippen molar-refractivity contribution in [1.82, 2.24) is 15.5 Å². The van der Waals surface area contributed by atoms with Crippen LogP contribution in [0.4, 0.5) is 0 Å². The van der Waals surface area contributed by atoms with Gasteiger partial charge in [-0.15, -0.1) is 0 Å². The van der Waals surface area contributed by atoms with Gasteiger partial charge in [0, 0.05) is 17.6 Å². The zero-order valence-corrected chi connectivity index (χ0v) is 14.3. The lowest BCUT2D eigenvalue weighted by molar-refractivity contribution is -0.139. The lowest BCUT2D eigenvalue weighted by atomic mass is 9.81. The van der Waals surface area contributed by atoms with Crippen molar-refractivity contribution in [2.45, 2.75) is 33.6 Å². The molecule has 0 unspecified atom stereocenters. The number of dihydropyridines is 1. The fourth-order valence-corrected chi connectivity index (χ4v) is 2.76. The smallest absolute Gasteiger partial charge is 0.336 e. The van der Waals surface area contributed by atoms with Crippen LogP contribution in [0.1, 0.15) is 39.2 Å². The number of hydrogen-bond acceptors (Lipinski definition) is 7. The molecule has 24 heavy (non-hydrogen) atoms. The van der Waals surface area contributed by atoms with Crippen LogP contribution < -0.4 is 5.32 Å². The second-order valence-corrected chi connectivity index (χ2v) is 5.25. The quantitative estimate of drug-likeness (QED) is 0.823. The Morgan fingerprint density at radius 2 is 1.58 bits per heavy atom. The fraction of sp³-hybridized carbons (Fsp3) is 0.412. The van der Waals surface area contributed by atoms with Crippen molar-refractivity contribution < 1.29 is 19.1 Å². The van der Waals surface area contributed by atoms with E-state index in [1.165, 1.54) is 12.4 Å². The molecule has 7 nitrogen and oxygen atoms in total. The molecule has 0 saturated carbocycles. The number of aromatic nitrogens is 2. The zero-order chi connectivity index (χ0) is 17.7. The van der Waals surface area contributed by atoms with Crippen LogP contribution in [0.25, 0.3) is 0 Å². The molecule has 1 aliphatic heterocycles. The van der Waals surface area contributed by atoms with Crippen molar-refractivity contribution in [1.29, 1.82) is 0 Å². The van der Waals surface area contributed by atoms with Crippen molar-refractivity contribution in [2.75, 3.05) is 13.2 Å². The van der Waals surface area contributed by atoms with Crippen LogP contribution in [0, 0.1) is 0 Å². The number of nitrogens with zero attached hydrogens (tertiary/aromatic N) is 2. The van der Waals surface area contributed by atoms with Crippen LogP contribution in [-0.2, 0) is 19.1 Å². The predicted molar refractivity (Wildman–Crippen MR) is 86.6 cm³/mol. The average molecular weight is 331 g/mol. The molecule has 2 rings (SSSR count). The van der Waals surface area contributed by atoms with Crippen molar-refractivity contribution >= 4 is 11.9 Å². The number of carbonyl (C=O) groups excluding carboxylic acids is 2. The lowest BCUT2D eigenvalue weighted by Crippen LogP contribution is -2.32. The largest absolute Gasteiger partial charge is 0.463 e. The molecule has 0 amide bonds. The second kappa shape index (κ2) is 7.72. The molecule has 0 bridgehead atoms. The van der Waals surface area contributed by atoms with Gasteiger partial charge in [-0.2, -0.15) is 10.2 Å². The number of rotatable bonds is 5. The summed E-state index contributed by atoms with van der Waals surface area (Å²) in [5, 5.41) is 10.7. The normalized spacial score (nSPS) is 15.2. The highest BCUT2D eigenvalue weighted by Gasteiger charge is 2.38. The van der Waals surface area contributed by atoms with Crippen LogP contribution in [0.2, 0.25) is 0 Å². The van der Waals surface area contributed by atoms with E-state index in [-0.39, 0.29) is 13.2 Å². The van der Waals surface area contributed by atoms with Gasteiger partial charge in [-0.25, -0.2) is 9.59 Å². The molecule has 0 radical (unpaired) electrons.